The zero-order valence-electron chi connectivity index (χ0n) is 10.3. The summed E-state index contributed by atoms with van der Waals surface area (Å²) in [6, 6.07) is 9.62. The number of nitrogens with one attached hydrogen (secondary N) is 2. The van der Waals surface area contributed by atoms with Crippen molar-refractivity contribution in [3.63, 3.8) is 0 Å². The standard InChI is InChI=1S/C14H10Cl2N4/c15-10-5-12(16)14(18-8-10)20-19-7-9-6-17-13-4-2-1-3-11(9)13/h1-8,17H,(H,18,20)/b19-7+. The molecule has 0 fully saturated rings. The Hall–Kier alpha value is -2.04. The van der Waals surface area contributed by atoms with Crippen molar-refractivity contribution in [1.29, 1.82) is 0 Å². The van der Waals surface area contributed by atoms with E-state index in [9.17, 15) is 0 Å². The number of para-hydroxylation sites is 1. The summed E-state index contributed by atoms with van der Waals surface area (Å²) in [6.45, 7) is 0. The predicted molar refractivity (Wildman–Crippen MR) is 83.8 cm³/mol. The second-order valence-electron chi connectivity index (χ2n) is 4.14. The number of anilines is 1. The number of aromatic amines is 1. The van der Waals surface area contributed by atoms with Gasteiger partial charge < -0.3 is 4.98 Å². The third-order valence-corrected chi connectivity index (χ3v) is 3.30. The highest BCUT2D eigenvalue weighted by molar-refractivity contribution is 6.35. The molecule has 0 aliphatic rings. The van der Waals surface area contributed by atoms with E-state index in [1.807, 2.05) is 30.5 Å². The van der Waals surface area contributed by atoms with Crippen molar-refractivity contribution in [2.45, 2.75) is 0 Å². The van der Waals surface area contributed by atoms with Crippen LogP contribution in [0.2, 0.25) is 10.0 Å². The average molecular weight is 305 g/mol. The van der Waals surface area contributed by atoms with Gasteiger partial charge in [-0.15, -0.1) is 0 Å². The lowest BCUT2D eigenvalue weighted by Crippen LogP contribution is -1.94. The van der Waals surface area contributed by atoms with Crippen molar-refractivity contribution in [2.24, 2.45) is 5.10 Å². The van der Waals surface area contributed by atoms with Gasteiger partial charge >= 0.3 is 0 Å². The van der Waals surface area contributed by atoms with E-state index in [2.05, 4.69) is 20.5 Å². The number of H-pyrrole nitrogens is 1. The number of hydrogen-bond donors (Lipinski definition) is 2. The summed E-state index contributed by atoms with van der Waals surface area (Å²) >= 11 is 11.8. The Kier molecular flexibility index (Phi) is 3.58. The van der Waals surface area contributed by atoms with Gasteiger partial charge in [-0.2, -0.15) is 5.10 Å². The van der Waals surface area contributed by atoms with Crippen LogP contribution in [-0.4, -0.2) is 16.2 Å². The molecule has 0 aliphatic carbocycles. The molecule has 0 amide bonds. The molecule has 0 saturated heterocycles. The molecule has 0 bridgehead atoms. The smallest absolute Gasteiger partial charge is 0.165 e. The van der Waals surface area contributed by atoms with Gasteiger partial charge in [0.15, 0.2) is 5.82 Å². The van der Waals surface area contributed by atoms with E-state index in [-0.39, 0.29) is 0 Å². The van der Waals surface area contributed by atoms with Gasteiger partial charge in [0, 0.05) is 28.9 Å². The fourth-order valence-electron chi connectivity index (χ4n) is 1.86. The van der Waals surface area contributed by atoms with Crippen molar-refractivity contribution >= 4 is 46.1 Å². The van der Waals surface area contributed by atoms with Crippen molar-refractivity contribution in [2.75, 3.05) is 5.43 Å². The molecule has 0 spiro atoms. The number of halogens is 2. The zero-order chi connectivity index (χ0) is 13.9. The Morgan fingerprint density at radius 1 is 1.25 bits per heavy atom. The maximum absolute atomic E-state index is 6.00. The molecule has 2 heterocycles. The minimum atomic E-state index is 0.425. The lowest BCUT2D eigenvalue weighted by Gasteiger charge is -2.01. The molecule has 2 N–H and O–H groups in total. The first kappa shape index (κ1) is 13.0. The Bertz CT molecular complexity index is 780. The molecule has 20 heavy (non-hydrogen) atoms. The van der Waals surface area contributed by atoms with Crippen LogP contribution in [0.4, 0.5) is 5.82 Å². The van der Waals surface area contributed by atoms with Crippen LogP contribution in [0.1, 0.15) is 5.56 Å². The lowest BCUT2D eigenvalue weighted by atomic mass is 10.2. The zero-order valence-corrected chi connectivity index (χ0v) is 11.8. The van der Waals surface area contributed by atoms with E-state index in [4.69, 9.17) is 23.2 Å². The predicted octanol–water partition coefficient (Wildman–Crippen LogP) is 4.32. The molecule has 2 aromatic heterocycles. The Morgan fingerprint density at radius 3 is 2.95 bits per heavy atom. The van der Waals surface area contributed by atoms with Crippen LogP contribution in [0.25, 0.3) is 10.9 Å². The molecule has 1 aromatic carbocycles. The molecule has 0 saturated carbocycles. The van der Waals surface area contributed by atoms with Crippen molar-refractivity contribution in [3.8, 4) is 0 Å². The number of hydrazone groups is 1. The molecular formula is C14H10Cl2N4. The molecular weight excluding hydrogens is 295 g/mol. The third kappa shape index (κ3) is 2.61. The summed E-state index contributed by atoms with van der Waals surface area (Å²) in [5, 5.41) is 6.16. The van der Waals surface area contributed by atoms with Gasteiger partial charge in [0.25, 0.3) is 0 Å². The second kappa shape index (κ2) is 5.53. The van der Waals surface area contributed by atoms with Crippen molar-refractivity contribution < 1.29 is 0 Å². The minimum Gasteiger partial charge on any atom is -0.361 e. The Balaban J connectivity index is 1.81. The summed E-state index contributed by atoms with van der Waals surface area (Å²) in [5.74, 6) is 0.465. The van der Waals surface area contributed by atoms with E-state index < -0.39 is 0 Å². The quantitative estimate of drug-likeness (QED) is 0.559. The normalized spacial score (nSPS) is 11.3. The van der Waals surface area contributed by atoms with E-state index >= 15 is 0 Å². The first-order chi connectivity index (χ1) is 9.74. The van der Waals surface area contributed by atoms with Crippen LogP contribution in [-0.2, 0) is 0 Å². The molecule has 4 nitrogen and oxygen atoms in total. The first-order valence-electron chi connectivity index (χ1n) is 5.90. The number of pyridine rings is 1. The molecule has 3 aromatic rings. The van der Waals surface area contributed by atoms with Crippen LogP contribution >= 0.6 is 23.2 Å². The van der Waals surface area contributed by atoms with Crippen LogP contribution in [0.5, 0.6) is 0 Å². The first-order valence-corrected chi connectivity index (χ1v) is 6.66. The SMILES string of the molecule is Clc1cnc(N/N=C/c2c[nH]c3ccccc23)c(Cl)c1. The van der Waals surface area contributed by atoms with E-state index in [1.165, 1.54) is 6.20 Å². The van der Waals surface area contributed by atoms with Gasteiger partial charge in [0.2, 0.25) is 0 Å². The summed E-state index contributed by atoms with van der Waals surface area (Å²) in [6.07, 6.45) is 5.12. The number of aromatic nitrogens is 2. The summed E-state index contributed by atoms with van der Waals surface area (Å²) < 4.78 is 0. The molecule has 3 rings (SSSR count). The number of benzene rings is 1. The van der Waals surface area contributed by atoms with E-state index in [0.29, 0.717) is 15.9 Å². The van der Waals surface area contributed by atoms with Gasteiger partial charge in [-0.05, 0) is 12.1 Å². The van der Waals surface area contributed by atoms with Crippen molar-refractivity contribution in [3.05, 3.63) is 58.3 Å². The van der Waals surface area contributed by atoms with Crippen LogP contribution in [0.3, 0.4) is 0 Å². The highest BCUT2D eigenvalue weighted by Gasteiger charge is 2.02. The lowest BCUT2D eigenvalue weighted by molar-refractivity contribution is 1.23. The van der Waals surface area contributed by atoms with Crippen LogP contribution in [0.15, 0.2) is 47.8 Å². The summed E-state index contributed by atoms with van der Waals surface area (Å²) in [5.41, 5.74) is 4.85. The maximum Gasteiger partial charge on any atom is 0.165 e. The van der Waals surface area contributed by atoms with E-state index in [1.54, 1.807) is 12.3 Å². The van der Waals surface area contributed by atoms with Gasteiger partial charge in [-0.1, -0.05) is 41.4 Å². The Morgan fingerprint density at radius 2 is 2.10 bits per heavy atom. The van der Waals surface area contributed by atoms with E-state index in [0.717, 1.165) is 16.5 Å². The Labute approximate surface area is 125 Å². The monoisotopic (exact) mass is 304 g/mol. The third-order valence-electron chi connectivity index (χ3n) is 2.80. The largest absolute Gasteiger partial charge is 0.361 e. The fourth-order valence-corrected chi connectivity index (χ4v) is 2.28. The van der Waals surface area contributed by atoms with Gasteiger partial charge in [0.05, 0.1) is 16.3 Å². The van der Waals surface area contributed by atoms with Gasteiger partial charge in [0.1, 0.15) is 0 Å². The number of hydrogen-bond acceptors (Lipinski definition) is 3. The topological polar surface area (TPSA) is 53.1 Å². The number of nitrogens with zero attached hydrogens (tertiary/aromatic N) is 2. The van der Waals surface area contributed by atoms with Gasteiger partial charge in [-0.25, -0.2) is 4.98 Å². The molecule has 100 valence electrons. The number of rotatable bonds is 3. The summed E-state index contributed by atoms with van der Waals surface area (Å²) in [7, 11) is 0. The molecule has 0 radical (unpaired) electrons. The second-order valence-corrected chi connectivity index (χ2v) is 4.99. The summed E-state index contributed by atoms with van der Waals surface area (Å²) in [4.78, 5) is 7.24. The number of fused-ring (bicyclic) bond motifs is 1. The highest BCUT2D eigenvalue weighted by atomic mass is 35.5. The molecule has 0 unspecified atom stereocenters. The maximum atomic E-state index is 6.00. The average Bonchev–Trinajstić information content (AvgIpc) is 2.85. The van der Waals surface area contributed by atoms with Crippen molar-refractivity contribution in [1.82, 2.24) is 9.97 Å². The minimum absolute atomic E-state index is 0.425. The van der Waals surface area contributed by atoms with Gasteiger partial charge in [-0.3, -0.25) is 5.43 Å². The molecule has 0 aliphatic heterocycles. The highest BCUT2D eigenvalue weighted by Crippen LogP contribution is 2.22. The molecule has 0 atom stereocenters. The molecule has 6 heteroatoms. The fraction of sp³-hybridized carbons (Fsp3) is 0. The van der Waals surface area contributed by atoms with Crippen LogP contribution < -0.4 is 5.43 Å². The van der Waals surface area contributed by atoms with Crippen LogP contribution in [0, 0.1) is 0 Å².